The van der Waals surface area contributed by atoms with Crippen molar-refractivity contribution in [1.29, 1.82) is 0 Å². The van der Waals surface area contributed by atoms with Gasteiger partial charge in [-0.15, -0.1) is 0 Å². The molecule has 0 fully saturated rings. The number of carbonyl (C=O) groups excluding carboxylic acids is 2. The lowest BCUT2D eigenvalue weighted by Crippen LogP contribution is -2.38. The Bertz CT molecular complexity index is 622. The number of ether oxygens (including phenoxy) is 3. The summed E-state index contributed by atoms with van der Waals surface area (Å²) in [5.41, 5.74) is -0.854. The number of allylic oxidation sites excluding steroid dienone is 4. The minimum atomic E-state index is -1.64. The maximum absolute atomic E-state index is 11.9. The minimum Gasteiger partial charge on any atom is -0.481 e. The quantitative estimate of drug-likeness (QED) is 0.537. The molecule has 0 saturated carbocycles. The molecule has 2 heterocycles. The van der Waals surface area contributed by atoms with E-state index in [0.717, 1.165) is 24.7 Å². The van der Waals surface area contributed by atoms with Gasteiger partial charge in [0.25, 0.3) is 0 Å². The normalized spacial score (nSPS) is 22.1. The van der Waals surface area contributed by atoms with Crippen LogP contribution < -0.4 is 0 Å². The van der Waals surface area contributed by atoms with Crippen LogP contribution >= 0.6 is 0 Å². The van der Waals surface area contributed by atoms with Gasteiger partial charge in [0.1, 0.15) is 0 Å². The Labute approximate surface area is 128 Å². The Balaban J connectivity index is 2.10. The summed E-state index contributed by atoms with van der Waals surface area (Å²) in [4.78, 5) is 45.8. The van der Waals surface area contributed by atoms with E-state index in [-0.39, 0.29) is 0 Å². The number of hydrogen-bond donors (Lipinski definition) is 2. The molecule has 2 unspecified atom stereocenters. The highest BCUT2D eigenvalue weighted by Crippen LogP contribution is 2.18. The fourth-order valence-electron chi connectivity index (χ4n) is 1.79. The highest BCUT2D eigenvalue weighted by atomic mass is 16.6. The lowest BCUT2D eigenvalue weighted by atomic mass is 10.1. The van der Waals surface area contributed by atoms with Crippen molar-refractivity contribution in [2.75, 3.05) is 0 Å². The van der Waals surface area contributed by atoms with Crippen LogP contribution in [0.4, 0.5) is 0 Å². The van der Waals surface area contributed by atoms with Crippen LogP contribution in [-0.2, 0) is 33.4 Å². The third-order valence-electron chi connectivity index (χ3n) is 2.83. The van der Waals surface area contributed by atoms with Gasteiger partial charge < -0.3 is 24.4 Å². The molecule has 0 aromatic rings. The first-order valence-electron chi connectivity index (χ1n) is 6.18. The van der Waals surface area contributed by atoms with E-state index in [4.69, 9.17) is 19.7 Å². The maximum Gasteiger partial charge on any atom is 0.360 e. The van der Waals surface area contributed by atoms with E-state index in [1.54, 1.807) is 0 Å². The molecule has 0 spiro atoms. The molecule has 2 N–H and O–H groups in total. The Morgan fingerprint density at radius 3 is 1.57 bits per heavy atom. The van der Waals surface area contributed by atoms with Gasteiger partial charge in [-0.3, -0.25) is 0 Å². The molecule has 9 nitrogen and oxygen atoms in total. The fraction of sp³-hybridized carbons (Fsp3) is 0.143. The molecule has 0 saturated heterocycles. The highest BCUT2D eigenvalue weighted by Gasteiger charge is 2.37. The molecule has 0 bridgehead atoms. The lowest BCUT2D eigenvalue weighted by Gasteiger charge is -2.21. The van der Waals surface area contributed by atoms with Crippen LogP contribution in [0.15, 0.2) is 48.0 Å². The van der Waals surface area contributed by atoms with Crippen molar-refractivity contribution in [3.05, 3.63) is 48.0 Å². The third-order valence-corrected chi connectivity index (χ3v) is 2.83. The van der Waals surface area contributed by atoms with Crippen molar-refractivity contribution < 1.29 is 43.6 Å². The molecule has 0 aliphatic carbocycles. The number of carboxylic acid groups (broad SMARTS) is 2. The molecule has 120 valence electrons. The predicted octanol–water partition coefficient (Wildman–Crippen LogP) is -0.0968. The molecule has 2 aliphatic heterocycles. The fourth-order valence-corrected chi connectivity index (χ4v) is 1.79. The second-order valence-corrected chi connectivity index (χ2v) is 4.28. The Hall–Kier alpha value is -3.36. The minimum absolute atomic E-state index is 0.427. The van der Waals surface area contributed by atoms with Crippen LogP contribution in [0.2, 0.25) is 0 Å². The Morgan fingerprint density at radius 2 is 1.22 bits per heavy atom. The van der Waals surface area contributed by atoms with Crippen LogP contribution in [0.1, 0.15) is 0 Å². The average molecular weight is 322 g/mol. The zero-order valence-electron chi connectivity index (χ0n) is 11.4. The standard InChI is InChI=1S/C14H10O9/c15-11(16)7-3-1-5-21-9(7)13(19)23-14(20)10-8(12(17)18)4-2-6-22-10/h1-6,9-10H,(H,15,16)(H,17,18). The van der Waals surface area contributed by atoms with Gasteiger partial charge in [-0.25, -0.2) is 19.2 Å². The number of esters is 2. The van der Waals surface area contributed by atoms with Crippen molar-refractivity contribution in [2.24, 2.45) is 0 Å². The molecule has 9 heteroatoms. The third kappa shape index (κ3) is 3.46. The number of hydrogen-bond acceptors (Lipinski definition) is 7. The summed E-state index contributed by atoms with van der Waals surface area (Å²) in [5, 5.41) is 17.9. The van der Waals surface area contributed by atoms with Crippen molar-refractivity contribution in [1.82, 2.24) is 0 Å². The van der Waals surface area contributed by atoms with E-state index in [2.05, 4.69) is 4.74 Å². The number of aliphatic carboxylic acids is 2. The van der Waals surface area contributed by atoms with Crippen molar-refractivity contribution >= 4 is 23.9 Å². The molecule has 2 aliphatic rings. The zero-order chi connectivity index (χ0) is 17.0. The van der Waals surface area contributed by atoms with Crippen LogP contribution in [0, 0.1) is 0 Å². The predicted molar refractivity (Wildman–Crippen MR) is 70.6 cm³/mol. The zero-order valence-corrected chi connectivity index (χ0v) is 11.4. The Kier molecular flexibility index (Phi) is 4.60. The summed E-state index contributed by atoms with van der Waals surface area (Å²) in [6.07, 6.45) is 3.59. The number of rotatable bonds is 4. The lowest BCUT2D eigenvalue weighted by molar-refractivity contribution is -0.171. The van der Waals surface area contributed by atoms with E-state index >= 15 is 0 Å². The first-order chi connectivity index (χ1) is 10.9. The molecular weight excluding hydrogens is 312 g/mol. The molecule has 0 aromatic heterocycles. The average Bonchev–Trinajstić information content (AvgIpc) is 2.54. The van der Waals surface area contributed by atoms with Crippen LogP contribution in [0.5, 0.6) is 0 Å². The summed E-state index contributed by atoms with van der Waals surface area (Å²) < 4.78 is 14.2. The van der Waals surface area contributed by atoms with E-state index < -0.39 is 47.2 Å². The van der Waals surface area contributed by atoms with Crippen molar-refractivity contribution in [3.63, 3.8) is 0 Å². The van der Waals surface area contributed by atoms with Crippen LogP contribution in [0.3, 0.4) is 0 Å². The smallest absolute Gasteiger partial charge is 0.360 e. The van der Waals surface area contributed by atoms with Gasteiger partial charge in [-0.1, -0.05) is 0 Å². The number of carbonyl (C=O) groups is 4. The van der Waals surface area contributed by atoms with Gasteiger partial charge in [0.15, 0.2) is 0 Å². The van der Waals surface area contributed by atoms with Crippen molar-refractivity contribution in [2.45, 2.75) is 12.2 Å². The van der Waals surface area contributed by atoms with Crippen LogP contribution in [0.25, 0.3) is 0 Å². The Morgan fingerprint density at radius 1 is 0.826 bits per heavy atom. The number of carboxylic acids is 2. The van der Waals surface area contributed by atoms with Gasteiger partial charge in [0.05, 0.1) is 23.7 Å². The summed E-state index contributed by atoms with van der Waals surface area (Å²) in [7, 11) is 0. The van der Waals surface area contributed by atoms with Gasteiger partial charge in [0, 0.05) is 0 Å². The monoisotopic (exact) mass is 322 g/mol. The highest BCUT2D eigenvalue weighted by molar-refractivity contribution is 6.03. The molecule has 0 amide bonds. The van der Waals surface area contributed by atoms with E-state index in [0.29, 0.717) is 0 Å². The molecule has 2 rings (SSSR count). The van der Waals surface area contributed by atoms with Gasteiger partial charge in [-0.2, -0.15) is 0 Å². The molecule has 2 atom stereocenters. The summed E-state index contributed by atoms with van der Waals surface area (Å²) in [6, 6.07) is 0. The van der Waals surface area contributed by atoms with Gasteiger partial charge in [-0.05, 0) is 24.3 Å². The molecule has 0 aromatic carbocycles. The molecule has 23 heavy (non-hydrogen) atoms. The largest absolute Gasteiger partial charge is 0.481 e. The summed E-state index contributed by atoms with van der Waals surface area (Å²) >= 11 is 0. The van der Waals surface area contributed by atoms with E-state index in [9.17, 15) is 19.2 Å². The van der Waals surface area contributed by atoms with Gasteiger partial charge >= 0.3 is 23.9 Å². The first kappa shape index (κ1) is 16.0. The molecule has 0 radical (unpaired) electrons. The summed E-state index contributed by atoms with van der Waals surface area (Å²) in [6.45, 7) is 0. The molecular formula is C14H10O9. The van der Waals surface area contributed by atoms with Gasteiger partial charge in [0.2, 0.25) is 12.2 Å². The van der Waals surface area contributed by atoms with Crippen molar-refractivity contribution in [3.8, 4) is 0 Å². The maximum atomic E-state index is 11.9. The summed E-state index contributed by atoms with van der Waals surface area (Å²) in [5.74, 6) is -5.44. The van der Waals surface area contributed by atoms with E-state index in [1.165, 1.54) is 12.2 Å². The SMILES string of the molecule is O=C(O)C1=CC=COC1C(=O)OC(=O)C1OC=CC=C1C(=O)O. The second-order valence-electron chi connectivity index (χ2n) is 4.28. The first-order valence-corrected chi connectivity index (χ1v) is 6.18. The topological polar surface area (TPSA) is 136 Å². The second kappa shape index (κ2) is 6.60. The van der Waals surface area contributed by atoms with Crippen LogP contribution in [-0.4, -0.2) is 46.3 Å². The van der Waals surface area contributed by atoms with E-state index in [1.807, 2.05) is 0 Å².